The topological polar surface area (TPSA) is 66.5 Å². The van der Waals surface area contributed by atoms with Gasteiger partial charge in [-0.2, -0.15) is 0 Å². The molecule has 2 aromatic rings. The molecule has 1 amide bonds. The summed E-state index contributed by atoms with van der Waals surface area (Å²) < 4.78 is 39.1. The molecular weight excluding hydrogens is 391 g/mol. The van der Waals surface area contributed by atoms with E-state index >= 15 is 0 Å². The van der Waals surface area contributed by atoms with Gasteiger partial charge in [-0.1, -0.05) is 51.1 Å². The Morgan fingerprint density at radius 3 is 2.14 bits per heavy atom. The molecule has 0 saturated heterocycles. The van der Waals surface area contributed by atoms with E-state index in [-0.39, 0.29) is 17.1 Å². The summed E-state index contributed by atoms with van der Waals surface area (Å²) in [6.45, 7) is 9.70. The Labute approximate surface area is 173 Å². The molecule has 2 aromatic carbocycles. The fourth-order valence-corrected chi connectivity index (χ4v) is 4.28. The van der Waals surface area contributed by atoms with Crippen molar-refractivity contribution in [1.82, 2.24) is 5.32 Å². The Kier molecular flexibility index (Phi) is 6.73. The lowest BCUT2D eigenvalue weighted by Gasteiger charge is -2.29. The summed E-state index contributed by atoms with van der Waals surface area (Å²) in [6, 6.07) is 11.8. The number of halogens is 1. The summed E-state index contributed by atoms with van der Waals surface area (Å²) in [5, 5.41) is 2.85. The van der Waals surface area contributed by atoms with Crippen LogP contribution < -0.4 is 9.62 Å². The van der Waals surface area contributed by atoms with Crippen LogP contribution in [0.3, 0.4) is 0 Å². The number of sulfonamides is 1. The number of anilines is 1. The number of hydrogen-bond donors (Lipinski definition) is 1. The van der Waals surface area contributed by atoms with Gasteiger partial charge in [-0.15, -0.1) is 0 Å². The van der Waals surface area contributed by atoms with E-state index in [2.05, 4.69) is 26.1 Å². The molecule has 0 aliphatic carbocycles. The highest BCUT2D eigenvalue weighted by molar-refractivity contribution is 7.92. The molecule has 0 spiro atoms. The molecular formula is C22H29FN2O3S. The highest BCUT2D eigenvalue weighted by atomic mass is 32.2. The first-order valence-electron chi connectivity index (χ1n) is 9.46. The van der Waals surface area contributed by atoms with Crippen molar-refractivity contribution in [2.24, 2.45) is 0 Å². The number of nitrogens with one attached hydrogen (secondary N) is 1. The van der Waals surface area contributed by atoms with Gasteiger partial charge in [-0.05, 0) is 48.6 Å². The molecule has 0 unspecified atom stereocenters. The molecule has 0 bridgehead atoms. The van der Waals surface area contributed by atoms with E-state index in [9.17, 15) is 17.6 Å². The lowest BCUT2D eigenvalue weighted by Crippen LogP contribution is -2.48. The van der Waals surface area contributed by atoms with Gasteiger partial charge in [-0.3, -0.25) is 9.10 Å². The van der Waals surface area contributed by atoms with E-state index in [0.29, 0.717) is 0 Å². The third-order valence-electron chi connectivity index (χ3n) is 4.79. The highest BCUT2D eigenvalue weighted by Gasteiger charge is 2.30. The molecule has 0 saturated carbocycles. The van der Waals surface area contributed by atoms with E-state index in [1.807, 2.05) is 31.2 Å². The summed E-state index contributed by atoms with van der Waals surface area (Å²) >= 11 is 0. The summed E-state index contributed by atoms with van der Waals surface area (Å²) in [5.41, 5.74) is 2.23. The van der Waals surface area contributed by atoms with Crippen molar-refractivity contribution in [2.75, 3.05) is 10.6 Å². The molecule has 0 aliphatic heterocycles. The third-order valence-corrected chi connectivity index (χ3v) is 6.03. The summed E-state index contributed by atoms with van der Waals surface area (Å²) in [5.74, 6) is -1.04. The monoisotopic (exact) mass is 420 g/mol. The Balaban J connectivity index is 2.21. The van der Waals surface area contributed by atoms with E-state index in [1.165, 1.54) is 30.7 Å². The van der Waals surface area contributed by atoms with Gasteiger partial charge < -0.3 is 5.32 Å². The number of hydrogen-bond acceptors (Lipinski definition) is 3. The minimum Gasteiger partial charge on any atom is -0.348 e. The average Bonchev–Trinajstić information content (AvgIpc) is 2.60. The Bertz CT molecular complexity index is 966. The predicted molar refractivity (Wildman–Crippen MR) is 115 cm³/mol. The van der Waals surface area contributed by atoms with Crippen LogP contribution in [-0.2, 0) is 20.2 Å². The molecule has 0 radical (unpaired) electrons. The molecule has 7 heteroatoms. The van der Waals surface area contributed by atoms with Crippen molar-refractivity contribution in [3.05, 3.63) is 65.5 Å². The van der Waals surface area contributed by atoms with Crippen LogP contribution in [0.4, 0.5) is 10.1 Å². The first-order valence-corrected chi connectivity index (χ1v) is 11.3. The minimum absolute atomic E-state index is 0.0282. The first-order chi connectivity index (χ1) is 13.3. The van der Waals surface area contributed by atoms with E-state index in [0.717, 1.165) is 22.2 Å². The van der Waals surface area contributed by atoms with Gasteiger partial charge in [0.05, 0.1) is 18.0 Å². The van der Waals surface area contributed by atoms with Crippen LogP contribution in [0.1, 0.15) is 51.8 Å². The standard InChI is InChI=1S/C22H29FN2O3S/c1-15(17-10-12-18(13-11-17)22(3,4)5)24-21(26)16(2)25(29(6,27)28)20-9-7-8-19(23)14-20/h7-16H,1-6H3,(H,24,26)/t15-,16+/m1/s1. The van der Waals surface area contributed by atoms with E-state index in [4.69, 9.17) is 0 Å². The number of rotatable bonds is 6. The molecule has 1 N–H and O–H groups in total. The van der Waals surface area contributed by atoms with Gasteiger partial charge in [0.15, 0.2) is 0 Å². The zero-order valence-electron chi connectivity index (χ0n) is 17.7. The number of carbonyl (C=O) groups excluding carboxylic acids is 1. The van der Waals surface area contributed by atoms with Crippen molar-refractivity contribution in [2.45, 2.75) is 52.1 Å². The quantitative estimate of drug-likeness (QED) is 0.763. The van der Waals surface area contributed by atoms with E-state index in [1.54, 1.807) is 0 Å². The Hall–Kier alpha value is -2.41. The fourth-order valence-electron chi connectivity index (χ4n) is 3.11. The predicted octanol–water partition coefficient (Wildman–Crippen LogP) is 4.16. The number of benzene rings is 2. The van der Waals surface area contributed by atoms with Gasteiger partial charge in [0, 0.05) is 0 Å². The molecule has 0 heterocycles. The van der Waals surface area contributed by atoms with Crippen LogP contribution in [0.2, 0.25) is 0 Å². The van der Waals surface area contributed by atoms with Crippen molar-refractivity contribution in [1.29, 1.82) is 0 Å². The molecule has 0 fully saturated rings. The smallest absolute Gasteiger partial charge is 0.244 e. The maximum absolute atomic E-state index is 13.6. The third kappa shape index (κ3) is 5.79. The first kappa shape index (κ1) is 22.9. The molecule has 5 nitrogen and oxygen atoms in total. The highest BCUT2D eigenvalue weighted by Crippen LogP contribution is 2.25. The van der Waals surface area contributed by atoms with Crippen LogP contribution in [0.25, 0.3) is 0 Å². The van der Waals surface area contributed by atoms with Gasteiger partial charge in [-0.25, -0.2) is 12.8 Å². The molecule has 158 valence electrons. The maximum Gasteiger partial charge on any atom is 0.244 e. The summed E-state index contributed by atoms with van der Waals surface area (Å²) in [7, 11) is -3.80. The normalized spacial score (nSPS) is 14.2. The second-order valence-corrected chi connectivity index (χ2v) is 10.2. The zero-order valence-corrected chi connectivity index (χ0v) is 18.5. The fraction of sp³-hybridized carbons (Fsp3) is 0.409. The number of nitrogens with zero attached hydrogens (tertiary/aromatic N) is 1. The van der Waals surface area contributed by atoms with Gasteiger partial charge >= 0.3 is 0 Å². The SMILES string of the molecule is C[C@@H](NC(=O)[C@H](C)N(c1cccc(F)c1)S(C)(=O)=O)c1ccc(C(C)(C)C)cc1. The Morgan fingerprint density at radius 1 is 1.07 bits per heavy atom. The van der Waals surface area contributed by atoms with Gasteiger partial charge in [0.25, 0.3) is 0 Å². The van der Waals surface area contributed by atoms with Gasteiger partial charge in [0.1, 0.15) is 11.9 Å². The zero-order chi connectivity index (χ0) is 22.0. The van der Waals surface area contributed by atoms with E-state index < -0.39 is 27.8 Å². The largest absolute Gasteiger partial charge is 0.348 e. The average molecular weight is 421 g/mol. The van der Waals surface area contributed by atoms with Crippen LogP contribution in [0.5, 0.6) is 0 Å². The van der Waals surface area contributed by atoms with Crippen molar-refractivity contribution < 1.29 is 17.6 Å². The Morgan fingerprint density at radius 2 is 1.66 bits per heavy atom. The van der Waals surface area contributed by atoms with Crippen LogP contribution >= 0.6 is 0 Å². The number of carbonyl (C=O) groups is 1. The van der Waals surface area contributed by atoms with Crippen molar-refractivity contribution >= 4 is 21.6 Å². The molecule has 2 atom stereocenters. The molecule has 29 heavy (non-hydrogen) atoms. The van der Waals surface area contributed by atoms with Crippen LogP contribution in [-0.4, -0.2) is 26.6 Å². The molecule has 0 aromatic heterocycles. The lowest BCUT2D eigenvalue weighted by atomic mass is 9.86. The number of amides is 1. The molecule has 0 aliphatic rings. The maximum atomic E-state index is 13.6. The minimum atomic E-state index is -3.80. The van der Waals surface area contributed by atoms with Crippen LogP contribution in [0.15, 0.2) is 48.5 Å². The van der Waals surface area contributed by atoms with Crippen molar-refractivity contribution in [3.63, 3.8) is 0 Å². The second-order valence-electron chi connectivity index (χ2n) is 8.32. The van der Waals surface area contributed by atoms with Crippen LogP contribution in [0, 0.1) is 5.82 Å². The second kappa shape index (κ2) is 8.53. The summed E-state index contributed by atoms with van der Waals surface area (Å²) in [6.07, 6.45) is 0.996. The molecule has 2 rings (SSSR count). The van der Waals surface area contributed by atoms with Crippen molar-refractivity contribution in [3.8, 4) is 0 Å². The van der Waals surface area contributed by atoms with Gasteiger partial charge in [0.2, 0.25) is 15.9 Å². The lowest BCUT2D eigenvalue weighted by molar-refractivity contribution is -0.122. The summed E-state index contributed by atoms with van der Waals surface area (Å²) in [4.78, 5) is 12.8.